The largest absolute Gasteiger partial charge is 0.476 e. The molecule has 1 aromatic heterocycles. The lowest BCUT2D eigenvalue weighted by Crippen LogP contribution is -2.20. The molecule has 0 amide bonds. The second-order valence-corrected chi connectivity index (χ2v) is 4.69. The number of methoxy groups -OCH3 is 1. The molecule has 0 radical (unpaired) electrons. The van der Waals surface area contributed by atoms with Crippen LogP contribution in [0, 0.1) is 0 Å². The maximum absolute atomic E-state index is 10.9. The Morgan fingerprint density at radius 1 is 1.56 bits per heavy atom. The highest BCUT2D eigenvalue weighted by Crippen LogP contribution is 2.23. The summed E-state index contributed by atoms with van der Waals surface area (Å²) >= 11 is 0. The van der Waals surface area contributed by atoms with Gasteiger partial charge in [0.15, 0.2) is 5.69 Å². The third kappa shape index (κ3) is 2.82. The van der Waals surface area contributed by atoms with Crippen LogP contribution in [0.15, 0.2) is 6.07 Å². The molecule has 16 heavy (non-hydrogen) atoms. The van der Waals surface area contributed by atoms with Crippen molar-refractivity contribution in [3.63, 3.8) is 0 Å². The van der Waals surface area contributed by atoms with Gasteiger partial charge in [0.05, 0.1) is 13.2 Å². The normalized spacial score (nSPS) is 11.8. The van der Waals surface area contributed by atoms with Gasteiger partial charge in [-0.25, -0.2) is 4.79 Å². The zero-order chi connectivity index (χ0) is 12.3. The van der Waals surface area contributed by atoms with Crippen LogP contribution in [0.2, 0.25) is 0 Å². The van der Waals surface area contributed by atoms with Crippen LogP contribution in [-0.2, 0) is 16.7 Å². The van der Waals surface area contributed by atoms with Gasteiger partial charge in [0.1, 0.15) is 0 Å². The fraction of sp³-hybridized carbons (Fsp3) is 0.636. The second kappa shape index (κ2) is 4.65. The van der Waals surface area contributed by atoms with Gasteiger partial charge in [-0.05, 0) is 6.07 Å². The number of carbonyl (C=O) groups is 1. The van der Waals surface area contributed by atoms with E-state index in [1.54, 1.807) is 17.9 Å². The molecule has 0 aliphatic heterocycles. The molecule has 0 saturated carbocycles. The van der Waals surface area contributed by atoms with Crippen LogP contribution in [-0.4, -0.2) is 34.6 Å². The van der Waals surface area contributed by atoms with E-state index in [1.165, 1.54) is 0 Å². The number of hydrogen-bond donors (Lipinski definition) is 1. The molecule has 0 spiro atoms. The van der Waals surface area contributed by atoms with Gasteiger partial charge in [0, 0.05) is 18.2 Å². The molecule has 90 valence electrons. The molecule has 1 aromatic rings. The Hall–Kier alpha value is -1.36. The smallest absolute Gasteiger partial charge is 0.356 e. The quantitative estimate of drug-likeness (QED) is 0.845. The van der Waals surface area contributed by atoms with Crippen molar-refractivity contribution >= 4 is 5.97 Å². The molecule has 0 saturated heterocycles. The first-order valence-electron chi connectivity index (χ1n) is 5.17. The summed E-state index contributed by atoms with van der Waals surface area (Å²) in [5, 5.41) is 13.0. The average molecular weight is 226 g/mol. The maximum atomic E-state index is 10.9. The molecule has 1 heterocycles. The number of carboxylic acid groups (broad SMARTS) is 1. The first-order valence-corrected chi connectivity index (χ1v) is 5.17. The molecule has 0 atom stereocenters. The lowest BCUT2D eigenvalue weighted by molar-refractivity contribution is 0.0689. The standard InChI is InChI=1S/C11H18N2O3/c1-11(2,3)9-7-8(10(14)15)12-13(9)5-6-16-4/h7H,5-6H2,1-4H3,(H,14,15). The van der Waals surface area contributed by atoms with Crippen LogP contribution in [0.1, 0.15) is 37.0 Å². The summed E-state index contributed by atoms with van der Waals surface area (Å²) in [4.78, 5) is 10.9. The van der Waals surface area contributed by atoms with Gasteiger partial charge in [-0.15, -0.1) is 0 Å². The zero-order valence-electron chi connectivity index (χ0n) is 10.1. The van der Waals surface area contributed by atoms with Crippen molar-refractivity contribution < 1.29 is 14.6 Å². The van der Waals surface area contributed by atoms with Gasteiger partial charge in [0.25, 0.3) is 0 Å². The SMILES string of the molecule is COCCn1nc(C(=O)O)cc1C(C)(C)C. The maximum Gasteiger partial charge on any atom is 0.356 e. The summed E-state index contributed by atoms with van der Waals surface area (Å²) in [6.45, 7) is 7.16. The van der Waals surface area contributed by atoms with Crippen molar-refractivity contribution in [3.05, 3.63) is 17.5 Å². The highest BCUT2D eigenvalue weighted by molar-refractivity contribution is 5.85. The fourth-order valence-corrected chi connectivity index (χ4v) is 1.47. The Bertz CT molecular complexity index is 377. The molecular formula is C11H18N2O3. The molecule has 1 N–H and O–H groups in total. The third-order valence-electron chi connectivity index (χ3n) is 2.27. The minimum absolute atomic E-state index is 0.0843. The van der Waals surface area contributed by atoms with Crippen LogP contribution in [0.3, 0.4) is 0 Å². The molecule has 0 unspecified atom stereocenters. The topological polar surface area (TPSA) is 64.4 Å². The molecule has 5 heteroatoms. The van der Waals surface area contributed by atoms with Crippen molar-refractivity contribution in [3.8, 4) is 0 Å². The van der Waals surface area contributed by atoms with E-state index in [0.29, 0.717) is 13.2 Å². The Balaban J connectivity index is 3.08. The van der Waals surface area contributed by atoms with Gasteiger partial charge in [0.2, 0.25) is 0 Å². The van der Waals surface area contributed by atoms with Gasteiger partial charge in [-0.2, -0.15) is 5.10 Å². The lowest BCUT2D eigenvalue weighted by Gasteiger charge is -2.19. The van der Waals surface area contributed by atoms with Crippen LogP contribution < -0.4 is 0 Å². The van der Waals surface area contributed by atoms with Crippen molar-refractivity contribution in [2.24, 2.45) is 0 Å². The second-order valence-electron chi connectivity index (χ2n) is 4.69. The van der Waals surface area contributed by atoms with E-state index in [2.05, 4.69) is 5.10 Å². The summed E-state index contributed by atoms with van der Waals surface area (Å²) in [6.07, 6.45) is 0. The van der Waals surface area contributed by atoms with Gasteiger partial charge in [-0.1, -0.05) is 20.8 Å². The van der Waals surface area contributed by atoms with E-state index in [1.807, 2.05) is 20.8 Å². The highest BCUT2D eigenvalue weighted by atomic mass is 16.5. The Morgan fingerprint density at radius 3 is 2.62 bits per heavy atom. The highest BCUT2D eigenvalue weighted by Gasteiger charge is 2.22. The van der Waals surface area contributed by atoms with Crippen LogP contribution >= 0.6 is 0 Å². The van der Waals surface area contributed by atoms with Gasteiger partial charge < -0.3 is 9.84 Å². The molecule has 5 nitrogen and oxygen atoms in total. The number of hydrogen-bond acceptors (Lipinski definition) is 3. The number of aromatic carboxylic acids is 1. The number of nitrogens with zero attached hydrogens (tertiary/aromatic N) is 2. The van der Waals surface area contributed by atoms with Gasteiger partial charge >= 0.3 is 5.97 Å². The minimum Gasteiger partial charge on any atom is -0.476 e. The van der Waals surface area contributed by atoms with Crippen molar-refractivity contribution in [2.75, 3.05) is 13.7 Å². The fourth-order valence-electron chi connectivity index (χ4n) is 1.47. The predicted octanol–water partition coefficient (Wildman–Crippen LogP) is 1.53. The third-order valence-corrected chi connectivity index (χ3v) is 2.27. The summed E-state index contributed by atoms with van der Waals surface area (Å²) in [7, 11) is 1.61. The Labute approximate surface area is 95.0 Å². The first-order chi connectivity index (χ1) is 7.36. The Morgan fingerprint density at radius 2 is 2.19 bits per heavy atom. The molecule has 0 fully saturated rings. The summed E-state index contributed by atoms with van der Waals surface area (Å²) < 4.78 is 6.68. The number of carboxylic acids is 1. The molecule has 1 rings (SSSR count). The van der Waals surface area contributed by atoms with E-state index in [9.17, 15) is 4.79 Å². The zero-order valence-corrected chi connectivity index (χ0v) is 10.1. The van der Waals surface area contributed by atoms with Crippen molar-refractivity contribution in [1.82, 2.24) is 9.78 Å². The number of ether oxygens (including phenoxy) is 1. The van der Waals surface area contributed by atoms with Gasteiger partial charge in [-0.3, -0.25) is 4.68 Å². The molecule has 0 aromatic carbocycles. The number of aromatic nitrogens is 2. The minimum atomic E-state index is -0.998. The summed E-state index contributed by atoms with van der Waals surface area (Å²) in [5.74, 6) is -0.998. The van der Waals surface area contributed by atoms with E-state index in [0.717, 1.165) is 5.69 Å². The first kappa shape index (κ1) is 12.7. The molecule has 0 bridgehead atoms. The van der Waals surface area contributed by atoms with Crippen LogP contribution in [0.25, 0.3) is 0 Å². The van der Waals surface area contributed by atoms with Crippen LogP contribution in [0.5, 0.6) is 0 Å². The lowest BCUT2D eigenvalue weighted by atomic mass is 9.92. The predicted molar refractivity (Wildman–Crippen MR) is 59.8 cm³/mol. The molecule has 0 aliphatic carbocycles. The van der Waals surface area contributed by atoms with E-state index >= 15 is 0 Å². The molecular weight excluding hydrogens is 208 g/mol. The Kier molecular flexibility index (Phi) is 3.70. The van der Waals surface area contributed by atoms with Crippen molar-refractivity contribution in [2.45, 2.75) is 32.7 Å². The monoisotopic (exact) mass is 226 g/mol. The van der Waals surface area contributed by atoms with E-state index in [4.69, 9.17) is 9.84 Å². The van der Waals surface area contributed by atoms with Crippen LogP contribution in [0.4, 0.5) is 0 Å². The molecule has 0 aliphatic rings. The average Bonchev–Trinajstić information content (AvgIpc) is 2.57. The van der Waals surface area contributed by atoms with E-state index < -0.39 is 5.97 Å². The summed E-state index contributed by atoms with van der Waals surface area (Å²) in [6, 6.07) is 1.62. The summed E-state index contributed by atoms with van der Waals surface area (Å²) in [5.41, 5.74) is 0.858. The van der Waals surface area contributed by atoms with Crippen molar-refractivity contribution in [1.29, 1.82) is 0 Å². The van der Waals surface area contributed by atoms with E-state index in [-0.39, 0.29) is 11.1 Å². The number of rotatable bonds is 4.